The zero-order valence-electron chi connectivity index (χ0n) is 8.10. The van der Waals surface area contributed by atoms with E-state index >= 15 is 0 Å². The molecule has 0 heterocycles. The van der Waals surface area contributed by atoms with Crippen molar-refractivity contribution in [3.05, 3.63) is 33.8 Å². The molecule has 0 aliphatic heterocycles. The SMILES string of the molecule is Cc1cc(C(C)C)c(C=O)cc1Cl. The molecule has 0 atom stereocenters. The first kappa shape index (κ1) is 10.3. The maximum absolute atomic E-state index is 10.7. The first-order valence-electron chi connectivity index (χ1n) is 4.31. The van der Waals surface area contributed by atoms with Gasteiger partial charge >= 0.3 is 0 Å². The summed E-state index contributed by atoms with van der Waals surface area (Å²) in [5.74, 6) is 0.358. The molecule has 0 amide bonds. The number of hydrogen-bond acceptors (Lipinski definition) is 1. The number of aryl methyl sites for hydroxylation is 1. The lowest BCUT2D eigenvalue weighted by Gasteiger charge is -2.10. The summed E-state index contributed by atoms with van der Waals surface area (Å²) < 4.78 is 0. The zero-order valence-corrected chi connectivity index (χ0v) is 8.85. The minimum Gasteiger partial charge on any atom is -0.298 e. The third-order valence-electron chi connectivity index (χ3n) is 2.11. The second-order valence-electron chi connectivity index (χ2n) is 3.50. The lowest BCUT2D eigenvalue weighted by molar-refractivity contribution is 0.112. The van der Waals surface area contributed by atoms with Gasteiger partial charge in [0.2, 0.25) is 0 Å². The van der Waals surface area contributed by atoms with Crippen molar-refractivity contribution in [2.75, 3.05) is 0 Å². The predicted molar refractivity (Wildman–Crippen MR) is 55.7 cm³/mol. The molecular formula is C11H13ClO. The van der Waals surface area contributed by atoms with Crippen LogP contribution in [-0.2, 0) is 0 Å². The highest BCUT2D eigenvalue weighted by atomic mass is 35.5. The van der Waals surface area contributed by atoms with Crippen LogP contribution in [0.4, 0.5) is 0 Å². The average Bonchev–Trinajstić information content (AvgIpc) is 2.08. The van der Waals surface area contributed by atoms with Crippen LogP contribution in [0.3, 0.4) is 0 Å². The van der Waals surface area contributed by atoms with Crippen molar-refractivity contribution in [2.24, 2.45) is 0 Å². The maximum atomic E-state index is 10.7. The van der Waals surface area contributed by atoms with Gasteiger partial charge in [-0.15, -0.1) is 0 Å². The van der Waals surface area contributed by atoms with Crippen LogP contribution in [0.25, 0.3) is 0 Å². The highest BCUT2D eigenvalue weighted by molar-refractivity contribution is 6.31. The summed E-state index contributed by atoms with van der Waals surface area (Å²) in [5.41, 5.74) is 2.79. The van der Waals surface area contributed by atoms with Gasteiger partial charge < -0.3 is 0 Å². The van der Waals surface area contributed by atoms with Crippen molar-refractivity contribution < 1.29 is 4.79 Å². The van der Waals surface area contributed by atoms with E-state index in [0.29, 0.717) is 16.5 Å². The molecule has 0 saturated carbocycles. The van der Waals surface area contributed by atoms with Gasteiger partial charge in [0, 0.05) is 10.6 Å². The average molecular weight is 197 g/mol. The van der Waals surface area contributed by atoms with Gasteiger partial charge in [0.05, 0.1) is 0 Å². The Morgan fingerprint density at radius 2 is 2.00 bits per heavy atom. The second-order valence-corrected chi connectivity index (χ2v) is 3.91. The molecule has 0 radical (unpaired) electrons. The van der Waals surface area contributed by atoms with Crippen LogP contribution < -0.4 is 0 Å². The third-order valence-corrected chi connectivity index (χ3v) is 2.52. The highest BCUT2D eigenvalue weighted by Gasteiger charge is 2.08. The number of carbonyl (C=O) groups excluding carboxylic acids is 1. The van der Waals surface area contributed by atoms with Crippen LogP contribution >= 0.6 is 11.6 Å². The van der Waals surface area contributed by atoms with E-state index in [0.717, 1.165) is 17.4 Å². The Morgan fingerprint density at radius 3 is 2.46 bits per heavy atom. The Hall–Kier alpha value is -0.820. The molecule has 0 N–H and O–H groups in total. The minimum absolute atomic E-state index is 0.358. The Morgan fingerprint density at radius 1 is 1.38 bits per heavy atom. The summed E-state index contributed by atoms with van der Waals surface area (Å²) >= 11 is 5.91. The third kappa shape index (κ3) is 2.10. The number of rotatable bonds is 2. The molecule has 1 aromatic rings. The van der Waals surface area contributed by atoms with E-state index in [1.807, 2.05) is 13.0 Å². The first-order valence-corrected chi connectivity index (χ1v) is 4.69. The number of benzene rings is 1. The molecule has 70 valence electrons. The fraction of sp³-hybridized carbons (Fsp3) is 0.364. The summed E-state index contributed by atoms with van der Waals surface area (Å²) in [6.07, 6.45) is 0.862. The Bertz CT molecular complexity index is 329. The van der Waals surface area contributed by atoms with Crippen molar-refractivity contribution >= 4 is 17.9 Å². The molecule has 1 rings (SSSR count). The molecule has 1 aromatic carbocycles. The summed E-state index contributed by atoms with van der Waals surface area (Å²) in [4.78, 5) is 10.7. The molecule has 0 bridgehead atoms. The van der Waals surface area contributed by atoms with Crippen molar-refractivity contribution in [1.29, 1.82) is 0 Å². The quantitative estimate of drug-likeness (QED) is 0.661. The standard InChI is InChI=1S/C11H13ClO/c1-7(2)10-4-8(3)11(12)5-9(10)6-13/h4-7H,1-3H3. The van der Waals surface area contributed by atoms with E-state index in [9.17, 15) is 4.79 Å². The maximum Gasteiger partial charge on any atom is 0.150 e. The molecule has 1 nitrogen and oxygen atoms in total. The highest BCUT2D eigenvalue weighted by Crippen LogP contribution is 2.25. The van der Waals surface area contributed by atoms with Crippen molar-refractivity contribution in [3.8, 4) is 0 Å². The monoisotopic (exact) mass is 196 g/mol. The van der Waals surface area contributed by atoms with Crippen molar-refractivity contribution in [3.63, 3.8) is 0 Å². The lowest BCUT2D eigenvalue weighted by Crippen LogP contribution is -1.96. The fourth-order valence-corrected chi connectivity index (χ4v) is 1.49. The van der Waals surface area contributed by atoms with E-state index in [1.54, 1.807) is 6.07 Å². The predicted octanol–water partition coefficient (Wildman–Crippen LogP) is 3.58. The number of hydrogen-bond donors (Lipinski definition) is 0. The Balaban J connectivity index is 3.32. The van der Waals surface area contributed by atoms with Crippen LogP contribution in [0.5, 0.6) is 0 Å². The Labute approximate surface area is 83.7 Å². The van der Waals surface area contributed by atoms with Gasteiger partial charge in [0.25, 0.3) is 0 Å². The van der Waals surface area contributed by atoms with Crippen LogP contribution in [0, 0.1) is 6.92 Å². The van der Waals surface area contributed by atoms with Crippen LogP contribution in [0.15, 0.2) is 12.1 Å². The van der Waals surface area contributed by atoms with Crippen molar-refractivity contribution in [1.82, 2.24) is 0 Å². The van der Waals surface area contributed by atoms with Gasteiger partial charge in [0.15, 0.2) is 0 Å². The van der Waals surface area contributed by atoms with Gasteiger partial charge in [-0.05, 0) is 30.0 Å². The summed E-state index contributed by atoms with van der Waals surface area (Å²) in [5, 5.41) is 0.659. The second kappa shape index (κ2) is 3.93. The molecule has 0 aromatic heterocycles. The minimum atomic E-state index is 0.358. The topological polar surface area (TPSA) is 17.1 Å². The molecular weight excluding hydrogens is 184 g/mol. The number of carbonyl (C=O) groups is 1. The van der Waals surface area contributed by atoms with Crippen LogP contribution in [0.1, 0.15) is 41.3 Å². The van der Waals surface area contributed by atoms with Gasteiger partial charge in [-0.1, -0.05) is 31.5 Å². The molecule has 0 spiro atoms. The van der Waals surface area contributed by atoms with E-state index in [-0.39, 0.29) is 0 Å². The largest absolute Gasteiger partial charge is 0.298 e. The van der Waals surface area contributed by atoms with E-state index in [2.05, 4.69) is 13.8 Å². The molecule has 0 saturated heterocycles. The molecule has 0 fully saturated rings. The molecule has 0 aliphatic carbocycles. The van der Waals surface area contributed by atoms with Gasteiger partial charge in [-0.25, -0.2) is 0 Å². The summed E-state index contributed by atoms with van der Waals surface area (Å²) in [7, 11) is 0. The fourth-order valence-electron chi connectivity index (χ4n) is 1.32. The number of aldehydes is 1. The molecule has 2 heteroatoms. The normalized spacial score (nSPS) is 10.5. The molecule has 0 aliphatic rings. The van der Waals surface area contributed by atoms with Crippen LogP contribution in [-0.4, -0.2) is 6.29 Å². The van der Waals surface area contributed by atoms with Crippen molar-refractivity contribution in [2.45, 2.75) is 26.7 Å². The molecule has 13 heavy (non-hydrogen) atoms. The number of halogens is 1. The van der Waals surface area contributed by atoms with Gasteiger partial charge in [-0.2, -0.15) is 0 Å². The summed E-state index contributed by atoms with van der Waals surface area (Å²) in [6, 6.07) is 3.72. The van der Waals surface area contributed by atoms with E-state index in [1.165, 1.54) is 0 Å². The first-order chi connectivity index (χ1) is 6.06. The lowest BCUT2D eigenvalue weighted by atomic mass is 9.96. The Kier molecular flexibility index (Phi) is 3.10. The van der Waals surface area contributed by atoms with E-state index < -0.39 is 0 Å². The smallest absolute Gasteiger partial charge is 0.150 e. The molecule has 0 unspecified atom stereocenters. The van der Waals surface area contributed by atoms with Gasteiger partial charge in [0.1, 0.15) is 6.29 Å². The zero-order chi connectivity index (χ0) is 10.0. The van der Waals surface area contributed by atoms with Crippen LogP contribution in [0.2, 0.25) is 5.02 Å². The summed E-state index contributed by atoms with van der Waals surface area (Å²) in [6.45, 7) is 6.08. The van der Waals surface area contributed by atoms with Gasteiger partial charge in [-0.3, -0.25) is 4.79 Å². The van der Waals surface area contributed by atoms with E-state index in [4.69, 9.17) is 11.6 Å².